The second-order valence-electron chi connectivity index (χ2n) is 5.88. The third-order valence-corrected chi connectivity index (χ3v) is 5.89. The highest BCUT2D eigenvalue weighted by atomic mass is 32.1. The van der Waals surface area contributed by atoms with Crippen LogP contribution in [0.3, 0.4) is 0 Å². The van der Waals surface area contributed by atoms with E-state index < -0.39 is 0 Å². The molecule has 1 nitrogen and oxygen atoms in total. The molecule has 0 radical (unpaired) electrons. The van der Waals surface area contributed by atoms with Crippen LogP contribution >= 0.6 is 11.3 Å². The first-order chi connectivity index (χ1) is 10.9. The molecule has 102 valence electrons. The molecular formula is C20H11NS. The number of benzene rings is 4. The minimum atomic E-state index is 1.22. The van der Waals surface area contributed by atoms with Crippen LogP contribution in [0.5, 0.6) is 0 Å². The second-order valence-corrected chi connectivity index (χ2v) is 6.96. The van der Waals surface area contributed by atoms with Gasteiger partial charge in [0.15, 0.2) is 0 Å². The summed E-state index contributed by atoms with van der Waals surface area (Å²) < 4.78 is 2.76. The van der Waals surface area contributed by atoms with Crippen LogP contribution in [0.1, 0.15) is 0 Å². The Morgan fingerprint density at radius 1 is 0.591 bits per heavy atom. The van der Waals surface area contributed by atoms with Crippen molar-refractivity contribution < 1.29 is 0 Å². The van der Waals surface area contributed by atoms with Crippen LogP contribution in [-0.4, -0.2) is 4.98 Å². The number of fused-ring (bicyclic) bond motifs is 5. The van der Waals surface area contributed by atoms with Crippen LogP contribution in [0.4, 0.5) is 0 Å². The molecule has 0 aliphatic rings. The van der Waals surface area contributed by atoms with Crippen LogP contribution in [0.25, 0.3) is 52.8 Å². The Kier molecular flexibility index (Phi) is 1.81. The van der Waals surface area contributed by atoms with Gasteiger partial charge in [-0.3, -0.25) is 0 Å². The summed E-state index contributed by atoms with van der Waals surface area (Å²) in [5.74, 6) is 0. The Morgan fingerprint density at radius 3 is 2.14 bits per heavy atom. The average Bonchev–Trinajstić information content (AvgIpc) is 3.13. The van der Waals surface area contributed by atoms with E-state index in [1.807, 2.05) is 11.3 Å². The van der Waals surface area contributed by atoms with Crippen LogP contribution in [0.15, 0.2) is 60.7 Å². The fourth-order valence-corrected chi connectivity index (χ4v) is 5.07. The van der Waals surface area contributed by atoms with Crippen LogP contribution < -0.4 is 0 Å². The van der Waals surface area contributed by atoms with Gasteiger partial charge in [-0.25, -0.2) is 0 Å². The maximum absolute atomic E-state index is 3.65. The number of aromatic amines is 1. The van der Waals surface area contributed by atoms with E-state index in [1.165, 1.54) is 52.8 Å². The van der Waals surface area contributed by atoms with Crippen molar-refractivity contribution >= 4 is 64.1 Å². The Morgan fingerprint density at radius 2 is 1.27 bits per heavy atom. The van der Waals surface area contributed by atoms with Crippen molar-refractivity contribution in [3.8, 4) is 0 Å². The summed E-state index contributed by atoms with van der Waals surface area (Å²) in [6.45, 7) is 0. The number of nitrogens with one attached hydrogen (secondary N) is 1. The Hall–Kier alpha value is -2.58. The number of hydrogen-bond donors (Lipinski definition) is 1. The van der Waals surface area contributed by atoms with E-state index in [-0.39, 0.29) is 0 Å². The summed E-state index contributed by atoms with van der Waals surface area (Å²) in [4.78, 5) is 3.65. The maximum Gasteiger partial charge on any atom is 0.0551 e. The molecule has 22 heavy (non-hydrogen) atoms. The predicted molar refractivity (Wildman–Crippen MR) is 97.4 cm³/mol. The summed E-state index contributed by atoms with van der Waals surface area (Å²) in [5.41, 5.74) is 2.49. The van der Waals surface area contributed by atoms with Crippen molar-refractivity contribution in [3.05, 3.63) is 60.7 Å². The lowest BCUT2D eigenvalue weighted by molar-refractivity contribution is 1.57. The molecule has 6 rings (SSSR count). The zero-order valence-corrected chi connectivity index (χ0v) is 12.5. The minimum Gasteiger partial charge on any atom is -0.354 e. The predicted octanol–water partition coefficient (Wildman–Crippen LogP) is 6.28. The first-order valence-electron chi connectivity index (χ1n) is 7.47. The molecule has 4 aromatic carbocycles. The monoisotopic (exact) mass is 297 g/mol. The topological polar surface area (TPSA) is 15.8 Å². The van der Waals surface area contributed by atoms with Gasteiger partial charge in [0, 0.05) is 41.8 Å². The first kappa shape index (κ1) is 11.0. The number of H-pyrrole nitrogens is 1. The van der Waals surface area contributed by atoms with Gasteiger partial charge in [0.1, 0.15) is 0 Å². The smallest absolute Gasteiger partial charge is 0.0551 e. The van der Waals surface area contributed by atoms with Gasteiger partial charge in [0.05, 0.1) is 5.52 Å². The van der Waals surface area contributed by atoms with E-state index in [0.717, 1.165) is 0 Å². The quantitative estimate of drug-likeness (QED) is 0.317. The van der Waals surface area contributed by atoms with Gasteiger partial charge in [-0.05, 0) is 23.6 Å². The number of hydrogen-bond acceptors (Lipinski definition) is 1. The molecule has 0 unspecified atom stereocenters. The van der Waals surface area contributed by atoms with Crippen LogP contribution in [-0.2, 0) is 0 Å². The molecule has 2 aromatic heterocycles. The van der Waals surface area contributed by atoms with Crippen LogP contribution in [0.2, 0.25) is 0 Å². The van der Waals surface area contributed by atoms with E-state index in [0.29, 0.717) is 0 Å². The van der Waals surface area contributed by atoms with E-state index in [9.17, 15) is 0 Å². The second kappa shape index (κ2) is 3.60. The molecule has 1 N–H and O–H groups in total. The number of aromatic nitrogens is 1. The van der Waals surface area contributed by atoms with Crippen molar-refractivity contribution in [1.82, 2.24) is 4.98 Å². The number of rotatable bonds is 0. The maximum atomic E-state index is 3.65. The highest BCUT2D eigenvalue weighted by Gasteiger charge is 2.17. The van der Waals surface area contributed by atoms with Crippen molar-refractivity contribution in [2.45, 2.75) is 0 Å². The molecule has 2 heteroatoms. The standard InChI is InChI=1S/C20H11NS/c1-2-8-14-11(5-1)17-12-6-3-9-15-18(12)19-13(20(17)21-14)7-4-10-16(19)22-15/h1-10,21H. The van der Waals surface area contributed by atoms with E-state index in [1.54, 1.807) is 0 Å². The summed E-state index contributed by atoms with van der Waals surface area (Å²) in [7, 11) is 0. The van der Waals surface area contributed by atoms with Gasteiger partial charge in [-0.2, -0.15) is 0 Å². The molecule has 2 heterocycles. The van der Waals surface area contributed by atoms with E-state index in [4.69, 9.17) is 0 Å². The van der Waals surface area contributed by atoms with Gasteiger partial charge in [-0.1, -0.05) is 42.5 Å². The molecule has 0 spiro atoms. The fraction of sp³-hybridized carbons (Fsp3) is 0. The van der Waals surface area contributed by atoms with Gasteiger partial charge >= 0.3 is 0 Å². The number of thiophene rings is 1. The van der Waals surface area contributed by atoms with Gasteiger partial charge in [0.25, 0.3) is 0 Å². The summed E-state index contributed by atoms with van der Waals surface area (Å²) in [6, 6.07) is 22.0. The lowest BCUT2D eigenvalue weighted by Crippen LogP contribution is -1.79. The lowest BCUT2D eigenvalue weighted by atomic mass is 9.97. The van der Waals surface area contributed by atoms with Crippen molar-refractivity contribution in [2.75, 3.05) is 0 Å². The normalized spacial score (nSPS) is 12.5. The van der Waals surface area contributed by atoms with Gasteiger partial charge in [0.2, 0.25) is 0 Å². The molecule has 0 aliphatic carbocycles. The Labute approximate surface area is 130 Å². The molecule has 0 amide bonds. The SMILES string of the molecule is c1ccc2c(c1)[nH]c1c3cccc4sc5cccc(c21)c5c43. The molecular weight excluding hydrogens is 286 g/mol. The number of para-hydroxylation sites is 1. The third-order valence-electron chi connectivity index (χ3n) is 4.77. The first-order valence-corrected chi connectivity index (χ1v) is 8.29. The largest absolute Gasteiger partial charge is 0.354 e. The van der Waals surface area contributed by atoms with Gasteiger partial charge < -0.3 is 4.98 Å². The van der Waals surface area contributed by atoms with Gasteiger partial charge in [-0.15, -0.1) is 11.3 Å². The van der Waals surface area contributed by atoms with Crippen molar-refractivity contribution in [3.63, 3.8) is 0 Å². The summed E-state index contributed by atoms with van der Waals surface area (Å²) in [5, 5.41) is 8.23. The van der Waals surface area contributed by atoms with Crippen molar-refractivity contribution in [2.24, 2.45) is 0 Å². The van der Waals surface area contributed by atoms with E-state index in [2.05, 4.69) is 65.6 Å². The zero-order chi connectivity index (χ0) is 14.3. The highest BCUT2D eigenvalue weighted by molar-refractivity contribution is 7.26. The molecule has 0 saturated heterocycles. The van der Waals surface area contributed by atoms with E-state index >= 15 is 0 Å². The average molecular weight is 297 g/mol. The molecule has 0 fully saturated rings. The Bertz CT molecular complexity index is 1320. The Balaban J connectivity index is 2.14. The summed E-state index contributed by atoms with van der Waals surface area (Å²) >= 11 is 1.90. The third kappa shape index (κ3) is 1.13. The highest BCUT2D eigenvalue weighted by Crippen LogP contribution is 2.46. The minimum absolute atomic E-state index is 1.22. The molecule has 0 bridgehead atoms. The summed E-state index contributed by atoms with van der Waals surface area (Å²) in [6.07, 6.45) is 0. The lowest BCUT2D eigenvalue weighted by Gasteiger charge is -2.05. The molecule has 0 aliphatic heterocycles. The van der Waals surface area contributed by atoms with Crippen LogP contribution in [0, 0.1) is 0 Å². The zero-order valence-electron chi connectivity index (χ0n) is 11.7. The molecule has 6 aromatic rings. The fourth-order valence-electron chi connectivity index (χ4n) is 3.91. The van der Waals surface area contributed by atoms with Crippen molar-refractivity contribution in [1.29, 1.82) is 0 Å². The molecule has 0 atom stereocenters. The molecule has 0 saturated carbocycles.